The van der Waals surface area contributed by atoms with Gasteiger partial charge < -0.3 is 24.2 Å². The smallest absolute Gasteiger partial charge is 0.264 e. The van der Waals surface area contributed by atoms with E-state index in [0.29, 0.717) is 18.7 Å². The molecule has 1 N–H and O–H groups in total. The Morgan fingerprint density at radius 3 is 2.36 bits per heavy atom. The molecule has 0 bridgehead atoms. The Morgan fingerprint density at radius 2 is 1.72 bits per heavy atom. The van der Waals surface area contributed by atoms with Gasteiger partial charge in [-0.1, -0.05) is 49.5 Å². The molecule has 3 aromatic rings. The van der Waals surface area contributed by atoms with E-state index in [-0.39, 0.29) is 30.1 Å². The predicted octanol–water partition coefficient (Wildman–Crippen LogP) is 5.45. The van der Waals surface area contributed by atoms with E-state index >= 15 is 0 Å². The first-order valence-electron chi connectivity index (χ1n) is 13.4. The lowest BCUT2D eigenvalue weighted by atomic mass is 9.82. The van der Waals surface area contributed by atoms with Gasteiger partial charge in [0.2, 0.25) is 0 Å². The second kappa shape index (κ2) is 10.9. The standard InChI is InChI=1S/C31H36INO5Si/c1-20-29(39(4,5)25-12-9-23(36-2)10-13-25)28(15-16-34)38-31(20)26-18-24(37-3)11-14-27(26)33(30(31)35)19-21-7-6-8-22(32)17-21/h6-14,17-18,20,28-29,34H,15-16,19H2,1-5H3/t20-,28+,29-,31+/m1/s1. The average Bonchev–Trinajstić information content (AvgIpc) is 3.35. The van der Waals surface area contributed by atoms with E-state index in [9.17, 15) is 9.90 Å². The zero-order valence-corrected chi connectivity index (χ0v) is 26.3. The van der Waals surface area contributed by atoms with Gasteiger partial charge in [-0.25, -0.2) is 0 Å². The van der Waals surface area contributed by atoms with E-state index in [1.165, 1.54) is 5.19 Å². The Labute approximate surface area is 245 Å². The molecule has 2 aliphatic rings. The molecule has 0 aliphatic carbocycles. The van der Waals surface area contributed by atoms with Crippen LogP contribution in [0, 0.1) is 9.49 Å². The fourth-order valence-corrected chi connectivity index (χ4v) is 11.5. The molecule has 1 saturated heterocycles. The van der Waals surface area contributed by atoms with Crippen LogP contribution >= 0.6 is 22.6 Å². The highest BCUT2D eigenvalue weighted by Crippen LogP contribution is 2.60. The summed E-state index contributed by atoms with van der Waals surface area (Å²) in [6, 6.07) is 22.4. The van der Waals surface area contributed by atoms with Gasteiger partial charge in [0.05, 0.1) is 40.6 Å². The number of carbonyl (C=O) groups excluding carboxylic acids is 1. The Morgan fingerprint density at radius 1 is 1.03 bits per heavy atom. The number of nitrogens with zero attached hydrogens (tertiary/aromatic N) is 1. The second-order valence-electron chi connectivity index (χ2n) is 11.1. The van der Waals surface area contributed by atoms with Crippen LogP contribution in [0.5, 0.6) is 11.5 Å². The van der Waals surface area contributed by atoms with E-state index in [4.69, 9.17) is 14.2 Å². The third kappa shape index (κ3) is 4.69. The van der Waals surface area contributed by atoms with Crippen molar-refractivity contribution in [2.75, 3.05) is 25.7 Å². The third-order valence-electron chi connectivity index (χ3n) is 8.69. The first-order chi connectivity index (χ1) is 18.7. The summed E-state index contributed by atoms with van der Waals surface area (Å²) in [4.78, 5) is 16.5. The van der Waals surface area contributed by atoms with Crippen molar-refractivity contribution in [3.8, 4) is 11.5 Å². The number of rotatable bonds is 8. The topological polar surface area (TPSA) is 68.2 Å². The number of hydrogen-bond donors (Lipinski definition) is 1. The SMILES string of the molecule is COc1ccc([Si](C)(C)[C@H]2[C@H](CCO)O[C@@]3(C(=O)N(Cc4cccc(I)c4)c4ccc(OC)cc43)[C@@H]2C)cc1. The highest BCUT2D eigenvalue weighted by molar-refractivity contribution is 14.1. The molecule has 1 fully saturated rings. The van der Waals surface area contributed by atoms with Crippen molar-refractivity contribution in [1.82, 2.24) is 0 Å². The van der Waals surface area contributed by atoms with Gasteiger partial charge in [-0.3, -0.25) is 4.79 Å². The van der Waals surface area contributed by atoms with Crippen molar-refractivity contribution >= 4 is 47.4 Å². The Balaban J connectivity index is 1.62. The van der Waals surface area contributed by atoms with Crippen LogP contribution in [0.3, 0.4) is 0 Å². The van der Waals surface area contributed by atoms with E-state index in [1.54, 1.807) is 14.2 Å². The largest absolute Gasteiger partial charge is 0.497 e. The zero-order chi connectivity index (χ0) is 27.9. The molecule has 3 aromatic carbocycles. The summed E-state index contributed by atoms with van der Waals surface area (Å²) < 4.78 is 19.1. The zero-order valence-electron chi connectivity index (χ0n) is 23.1. The molecule has 0 unspecified atom stereocenters. The molecule has 39 heavy (non-hydrogen) atoms. The first kappa shape index (κ1) is 28.1. The van der Waals surface area contributed by atoms with Gasteiger partial charge in [-0.15, -0.1) is 0 Å². The monoisotopic (exact) mass is 657 g/mol. The molecule has 0 saturated carbocycles. The fourth-order valence-electron chi connectivity index (χ4n) is 6.79. The number of benzene rings is 3. The lowest BCUT2D eigenvalue weighted by Crippen LogP contribution is -2.51. The van der Waals surface area contributed by atoms with Gasteiger partial charge in [-0.05, 0) is 82.6 Å². The van der Waals surface area contributed by atoms with Gasteiger partial charge in [0.25, 0.3) is 5.91 Å². The molecule has 4 atom stereocenters. The average molecular weight is 658 g/mol. The predicted molar refractivity (Wildman–Crippen MR) is 165 cm³/mol. The molecule has 206 valence electrons. The number of methoxy groups -OCH3 is 2. The molecule has 0 radical (unpaired) electrons. The molecule has 2 aliphatic heterocycles. The maximum Gasteiger partial charge on any atom is 0.264 e. The van der Waals surface area contributed by atoms with Gasteiger partial charge >= 0.3 is 0 Å². The number of aliphatic hydroxyl groups excluding tert-OH is 1. The Bertz CT molecular complexity index is 1360. The number of anilines is 1. The molecular formula is C31H36INO5Si. The van der Waals surface area contributed by atoms with Gasteiger partial charge in [0.15, 0.2) is 5.60 Å². The molecule has 5 rings (SSSR count). The summed E-state index contributed by atoms with van der Waals surface area (Å²) in [7, 11) is 1.11. The highest BCUT2D eigenvalue weighted by Gasteiger charge is 2.66. The number of ether oxygens (including phenoxy) is 3. The van der Waals surface area contributed by atoms with Crippen LogP contribution in [0.25, 0.3) is 0 Å². The summed E-state index contributed by atoms with van der Waals surface area (Å²) in [5, 5.41) is 11.4. The quantitative estimate of drug-likeness (QED) is 0.258. The van der Waals surface area contributed by atoms with Gasteiger partial charge in [-0.2, -0.15) is 0 Å². The van der Waals surface area contributed by atoms with E-state index in [0.717, 1.165) is 26.1 Å². The number of fused-ring (bicyclic) bond motifs is 2. The summed E-state index contributed by atoms with van der Waals surface area (Å²) in [5.41, 5.74) is 1.73. The van der Waals surface area contributed by atoms with Crippen molar-refractivity contribution in [2.45, 2.75) is 50.2 Å². The lowest BCUT2D eigenvalue weighted by molar-refractivity contribution is -0.146. The lowest BCUT2D eigenvalue weighted by Gasteiger charge is -2.37. The molecule has 1 spiro atoms. The van der Waals surface area contributed by atoms with E-state index < -0.39 is 13.7 Å². The summed E-state index contributed by atoms with van der Waals surface area (Å²) >= 11 is 2.30. The van der Waals surface area contributed by atoms with Crippen LogP contribution < -0.4 is 19.6 Å². The first-order valence-corrected chi connectivity index (χ1v) is 17.5. The van der Waals surface area contributed by atoms with E-state index in [1.807, 2.05) is 47.4 Å². The van der Waals surface area contributed by atoms with Crippen LogP contribution in [0.15, 0.2) is 66.7 Å². The van der Waals surface area contributed by atoms with Crippen molar-refractivity contribution < 1.29 is 24.1 Å². The minimum atomic E-state index is -2.21. The van der Waals surface area contributed by atoms with Crippen LogP contribution in [0.4, 0.5) is 5.69 Å². The summed E-state index contributed by atoms with van der Waals surface area (Å²) in [6.45, 7) is 7.32. The number of carbonyl (C=O) groups is 1. The number of hydrogen-bond acceptors (Lipinski definition) is 5. The van der Waals surface area contributed by atoms with Gasteiger partial charge in [0, 0.05) is 21.7 Å². The number of aliphatic hydroxyl groups is 1. The third-order valence-corrected chi connectivity index (χ3v) is 13.7. The molecule has 8 heteroatoms. The maximum absolute atomic E-state index is 14.6. The van der Waals surface area contributed by atoms with E-state index in [2.05, 4.69) is 66.9 Å². The van der Waals surface area contributed by atoms with Crippen LogP contribution in [-0.2, 0) is 21.7 Å². The molecular weight excluding hydrogens is 621 g/mol. The van der Waals surface area contributed by atoms with Crippen LogP contribution in [-0.4, -0.2) is 46.0 Å². The maximum atomic E-state index is 14.6. The Hall–Kier alpha value is -2.40. The minimum Gasteiger partial charge on any atom is -0.497 e. The highest BCUT2D eigenvalue weighted by atomic mass is 127. The summed E-state index contributed by atoms with van der Waals surface area (Å²) in [5.74, 6) is 1.36. The molecule has 2 heterocycles. The Kier molecular flexibility index (Phi) is 7.85. The fraction of sp³-hybridized carbons (Fsp3) is 0.387. The van der Waals surface area contributed by atoms with Crippen molar-refractivity contribution in [3.05, 3.63) is 81.4 Å². The molecule has 0 aromatic heterocycles. The number of halogens is 1. The van der Waals surface area contributed by atoms with Crippen LogP contribution in [0.2, 0.25) is 18.6 Å². The molecule has 6 nitrogen and oxygen atoms in total. The van der Waals surface area contributed by atoms with Crippen molar-refractivity contribution in [3.63, 3.8) is 0 Å². The normalized spacial score (nSPS) is 24.3. The second-order valence-corrected chi connectivity index (χ2v) is 17.0. The summed E-state index contributed by atoms with van der Waals surface area (Å²) in [6.07, 6.45) is 0.224. The minimum absolute atomic E-state index is 0.00237. The van der Waals surface area contributed by atoms with Crippen molar-refractivity contribution in [1.29, 1.82) is 0 Å². The molecule has 1 amide bonds. The van der Waals surface area contributed by atoms with Gasteiger partial charge in [0.1, 0.15) is 11.5 Å². The van der Waals surface area contributed by atoms with Crippen molar-refractivity contribution in [2.24, 2.45) is 5.92 Å². The number of amides is 1. The van der Waals surface area contributed by atoms with Crippen LogP contribution in [0.1, 0.15) is 24.5 Å².